The maximum absolute atomic E-state index is 10.4. The molecule has 0 bridgehead atoms. The van der Waals surface area contributed by atoms with Gasteiger partial charge >= 0.3 is 0 Å². The summed E-state index contributed by atoms with van der Waals surface area (Å²) in [5, 5.41) is 0.680. The van der Waals surface area contributed by atoms with Crippen LogP contribution in [0.3, 0.4) is 0 Å². The maximum atomic E-state index is 10.4. The summed E-state index contributed by atoms with van der Waals surface area (Å²) in [7, 11) is 0. The fourth-order valence-corrected chi connectivity index (χ4v) is 1.66. The largest absolute Gasteiger partial charge is 0.303 e. The van der Waals surface area contributed by atoms with Crippen LogP contribution >= 0.6 is 11.6 Å². The summed E-state index contributed by atoms with van der Waals surface area (Å²) in [6.45, 7) is 6.33. The smallest absolute Gasteiger partial charge is 0.123 e. The Morgan fingerprint density at radius 2 is 2.17 bits per heavy atom. The van der Waals surface area contributed by atoms with Crippen LogP contribution in [0.25, 0.3) is 0 Å². The van der Waals surface area contributed by atoms with Crippen LogP contribution < -0.4 is 0 Å². The molecular weight excluding hydrogens is 174 g/mol. The topological polar surface area (TPSA) is 20.3 Å². The zero-order chi connectivity index (χ0) is 8.97. The lowest BCUT2D eigenvalue weighted by Gasteiger charge is -2.28. The summed E-state index contributed by atoms with van der Waals surface area (Å²) in [4.78, 5) is 12.7. The molecule has 68 valence electrons. The van der Waals surface area contributed by atoms with E-state index in [1.54, 1.807) is 0 Å². The van der Waals surface area contributed by atoms with Crippen LogP contribution in [-0.4, -0.2) is 30.8 Å². The molecule has 0 aromatic carbocycles. The number of piperidine rings is 1. The molecule has 12 heavy (non-hydrogen) atoms. The van der Waals surface area contributed by atoms with Crippen molar-refractivity contribution in [2.24, 2.45) is 5.92 Å². The van der Waals surface area contributed by atoms with Gasteiger partial charge < -0.3 is 4.79 Å². The van der Waals surface area contributed by atoms with Gasteiger partial charge in [0, 0.05) is 17.5 Å². The van der Waals surface area contributed by atoms with Gasteiger partial charge in [-0.25, -0.2) is 0 Å². The molecule has 0 amide bonds. The van der Waals surface area contributed by atoms with E-state index in [0.29, 0.717) is 5.03 Å². The Morgan fingerprint density at radius 3 is 2.58 bits per heavy atom. The number of carbonyl (C=O) groups excluding carboxylic acids is 1. The highest BCUT2D eigenvalue weighted by atomic mass is 35.5. The minimum absolute atomic E-state index is 0.268. The van der Waals surface area contributed by atoms with Crippen molar-refractivity contribution in [3.8, 4) is 0 Å². The van der Waals surface area contributed by atoms with Gasteiger partial charge in [-0.3, -0.25) is 4.90 Å². The number of carbonyl (C=O) groups is 1. The van der Waals surface area contributed by atoms with Crippen molar-refractivity contribution in [1.82, 2.24) is 4.90 Å². The molecular formula is C9H14ClNO. The van der Waals surface area contributed by atoms with E-state index < -0.39 is 0 Å². The quantitative estimate of drug-likeness (QED) is 0.627. The monoisotopic (exact) mass is 187 g/mol. The highest BCUT2D eigenvalue weighted by molar-refractivity contribution is 6.29. The van der Waals surface area contributed by atoms with Gasteiger partial charge in [0.05, 0.1) is 0 Å². The summed E-state index contributed by atoms with van der Waals surface area (Å²) in [5.41, 5.74) is 0. The molecule has 1 fully saturated rings. The Kier molecular flexibility index (Phi) is 3.76. The first kappa shape index (κ1) is 9.75. The van der Waals surface area contributed by atoms with Crippen LogP contribution in [0.2, 0.25) is 0 Å². The Balaban J connectivity index is 2.26. The second-order valence-corrected chi connectivity index (χ2v) is 3.80. The van der Waals surface area contributed by atoms with Gasteiger partial charge in [0.1, 0.15) is 6.29 Å². The Morgan fingerprint density at radius 1 is 1.58 bits per heavy atom. The fraction of sp³-hybridized carbons (Fsp3) is 0.667. The van der Waals surface area contributed by atoms with Gasteiger partial charge in [-0.05, 0) is 25.9 Å². The zero-order valence-corrected chi connectivity index (χ0v) is 7.89. The third-order valence-corrected chi connectivity index (χ3v) is 2.34. The van der Waals surface area contributed by atoms with E-state index in [2.05, 4.69) is 11.5 Å². The maximum Gasteiger partial charge on any atom is 0.123 e. The molecule has 2 nitrogen and oxygen atoms in total. The predicted molar refractivity (Wildman–Crippen MR) is 50.2 cm³/mol. The number of hydrogen-bond acceptors (Lipinski definition) is 2. The Labute approximate surface area is 78.2 Å². The molecule has 0 aliphatic carbocycles. The SMILES string of the molecule is C=C(Cl)CN1CCC(C=O)CC1. The first-order valence-corrected chi connectivity index (χ1v) is 4.61. The van der Waals surface area contributed by atoms with Crippen LogP contribution in [0.15, 0.2) is 11.6 Å². The zero-order valence-electron chi connectivity index (χ0n) is 7.13. The number of rotatable bonds is 3. The highest BCUT2D eigenvalue weighted by Crippen LogP contribution is 2.16. The van der Waals surface area contributed by atoms with Crippen LogP contribution in [0.5, 0.6) is 0 Å². The molecule has 0 saturated carbocycles. The van der Waals surface area contributed by atoms with Gasteiger partial charge in [0.2, 0.25) is 0 Å². The second-order valence-electron chi connectivity index (χ2n) is 3.27. The lowest BCUT2D eigenvalue weighted by atomic mass is 9.99. The van der Waals surface area contributed by atoms with Crippen molar-refractivity contribution >= 4 is 17.9 Å². The minimum Gasteiger partial charge on any atom is -0.303 e. The van der Waals surface area contributed by atoms with Crippen LogP contribution in [0, 0.1) is 5.92 Å². The van der Waals surface area contributed by atoms with Crippen molar-refractivity contribution in [2.45, 2.75) is 12.8 Å². The lowest BCUT2D eigenvalue weighted by molar-refractivity contribution is -0.112. The number of aldehydes is 1. The molecule has 0 radical (unpaired) electrons. The predicted octanol–water partition coefficient (Wildman–Crippen LogP) is 1.65. The third kappa shape index (κ3) is 2.95. The minimum atomic E-state index is 0.268. The summed E-state index contributed by atoms with van der Waals surface area (Å²) < 4.78 is 0. The third-order valence-electron chi connectivity index (χ3n) is 2.22. The molecule has 3 heteroatoms. The van der Waals surface area contributed by atoms with Gasteiger partial charge in [-0.1, -0.05) is 18.2 Å². The molecule has 1 aliphatic rings. The van der Waals surface area contributed by atoms with Gasteiger partial charge in [-0.15, -0.1) is 0 Å². The van der Waals surface area contributed by atoms with E-state index in [4.69, 9.17) is 11.6 Å². The summed E-state index contributed by atoms with van der Waals surface area (Å²) >= 11 is 5.68. The Hall–Kier alpha value is -0.340. The van der Waals surface area contributed by atoms with Gasteiger partial charge in [0.25, 0.3) is 0 Å². The molecule has 1 saturated heterocycles. The summed E-state index contributed by atoms with van der Waals surface area (Å²) in [6.07, 6.45) is 2.99. The van der Waals surface area contributed by atoms with E-state index in [-0.39, 0.29) is 5.92 Å². The number of nitrogens with zero attached hydrogens (tertiary/aromatic N) is 1. The van der Waals surface area contributed by atoms with Gasteiger partial charge in [-0.2, -0.15) is 0 Å². The molecule has 0 spiro atoms. The average molecular weight is 188 g/mol. The molecule has 0 aromatic rings. The molecule has 0 unspecified atom stereocenters. The number of halogens is 1. The number of likely N-dealkylation sites (tertiary alicyclic amines) is 1. The number of hydrogen-bond donors (Lipinski definition) is 0. The van der Waals surface area contributed by atoms with E-state index >= 15 is 0 Å². The van der Waals surface area contributed by atoms with Crippen molar-refractivity contribution in [3.05, 3.63) is 11.6 Å². The van der Waals surface area contributed by atoms with Crippen LogP contribution in [0.1, 0.15) is 12.8 Å². The van der Waals surface area contributed by atoms with Crippen LogP contribution in [0.4, 0.5) is 0 Å². The lowest BCUT2D eigenvalue weighted by Crippen LogP contribution is -2.34. The first-order valence-electron chi connectivity index (χ1n) is 4.23. The van der Waals surface area contributed by atoms with E-state index in [9.17, 15) is 4.79 Å². The average Bonchev–Trinajstić information content (AvgIpc) is 2.05. The van der Waals surface area contributed by atoms with E-state index in [0.717, 1.165) is 38.8 Å². The standard InChI is InChI=1S/C9H14ClNO/c1-8(10)6-11-4-2-9(7-12)3-5-11/h7,9H,1-6H2. The molecule has 1 heterocycles. The Bertz CT molecular complexity index is 173. The molecule has 0 N–H and O–H groups in total. The molecule has 0 atom stereocenters. The fourth-order valence-electron chi connectivity index (χ4n) is 1.49. The highest BCUT2D eigenvalue weighted by Gasteiger charge is 2.17. The molecule has 1 rings (SSSR count). The van der Waals surface area contributed by atoms with Crippen molar-refractivity contribution < 1.29 is 4.79 Å². The van der Waals surface area contributed by atoms with Crippen LogP contribution in [-0.2, 0) is 4.79 Å². The summed E-state index contributed by atoms with van der Waals surface area (Å²) in [6, 6.07) is 0. The van der Waals surface area contributed by atoms with Crippen molar-refractivity contribution in [1.29, 1.82) is 0 Å². The first-order chi connectivity index (χ1) is 5.72. The normalized spacial score (nSPS) is 20.8. The summed E-state index contributed by atoms with van der Waals surface area (Å²) in [5.74, 6) is 0.268. The molecule has 1 aliphatic heterocycles. The van der Waals surface area contributed by atoms with Crippen molar-refractivity contribution in [2.75, 3.05) is 19.6 Å². The van der Waals surface area contributed by atoms with E-state index in [1.165, 1.54) is 0 Å². The second kappa shape index (κ2) is 4.63. The van der Waals surface area contributed by atoms with Gasteiger partial charge in [0.15, 0.2) is 0 Å². The molecule has 0 aromatic heterocycles. The van der Waals surface area contributed by atoms with E-state index in [1.807, 2.05) is 0 Å². The van der Waals surface area contributed by atoms with Crippen molar-refractivity contribution in [3.63, 3.8) is 0 Å².